The van der Waals surface area contributed by atoms with E-state index in [9.17, 15) is 13.2 Å². The van der Waals surface area contributed by atoms with E-state index in [2.05, 4.69) is 23.6 Å². The van der Waals surface area contributed by atoms with Crippen LogP contribution in [-0.2, 0) is 0 Å². The van der Waals surface area contributed by atoms with E-state index in [1.54, 1.807) is 0 Å². The number of unbranched alkanes of at least 4 members (excludes halogenated alkanes) is 1. The van der Waals surface area contributed by atoms with Crippen LogP contribution in [0.2, 0.25) is 0 Å². The predicted octanol–water partition coefficient (Wildman–Crippen LogP) is 3.52. The standard InChI is InChI=1S/C15H27F3N2/c1-12(2)14-11-19-9-5-6-13(19)10-20(14)8-4-3-7-15(16,17)18/h12-14H,3-11H2,1-2H3. The second-order valence-electron chi connectivity index (χ2n) is 6.67. The first-order valence-electron chi connectivity index (χ1n) is 7.91. The molecule has 118 valence electrons. The van der Waals surface area contributed by atoms with Gasteiger partial charge in [0.2, 0.25) is 0 Å². The Morgan fingerprint density at radius 3 is 2.55 bits per heavy atom. The summed E-state index contributed by atoms with van der Waals surface area (Å²) in [6, 6.07) is 1.16. The molecule has 0 aromatic heterocycles. The fourth-order valence-electron chi connectivity index (χ4n) is 3.63. The Hall–Kier alpha value is -0.290. The van der Waals surface area contributed by atoms with E-state index in [0.717, 1.165) is 19.6 Å². The van der Waals surface area contributed by atoms with E-state index in [1.165, 1.54) is 19.4 Å². The van der Waals surface area contributed by atoms with E-state index in [-0.39, 0.29) is 6.42 Å². The molecule has 5 heteroatoms. The summed E-state index contributed by atoms with van der Waals surface area (Å²) in [7, 11) is 0. The molecule has 0 aromatic carbocycles. The molecule has 0 amide bonds. The van der Waals surface area contributed by atoms with E-state index >= 15 is 0 Å². The van der Waals surface area contributed by atoms with Crippen molar-refractivity contribution in [2.45, 2.75) is 64.2 Å². The van der Waals surface area contributed by atoms with Crippen molar-refractivity contribution >= 4 is 0 Å². The zero-order valence-electron chi connectivity index (χ0n) is 12.6. The van der Waals surface area contributed by atoms with E-state index in [4.69, 9.17) is 0 Å². The molecule has 2 unspecified atom stereocenters. The lowest BCUT2D eigenvalue weighted by Crippen LogP contribution is -2.57. The molecule has 0 saturated carbocycles. The van der Waals surface area contributed by atoms with Crippen LogP contribution < -0.4 is 0 Å². The maximum atomic E-state index is 12.2. The average Bonchev–Trinajstić information content (AvgIpc) is 2.79. The number of hydrogen-bond acceptors (Lipinski definition) is 2. The Morgan fingerprint density at radius 2 is 1.90 bits per heavy atom. The van der Waals surface area contributed by atoms with Crippen LogP contribution in [0, 0.1) is 5.92 Å². The van der Waals surface area contributed by atoms with Gasteiger partial charge in [-0.3, -0.25) is 9.80 Å². The summed E-state index contributed by atoms with van der Waals surface area (Å²) in [5.74, 6) is 0.569. The van der Waals surface area contributed by atoms with Crippen molar-refractivity contribution in [3.05, 3.63) is 0 Å². The lowest BCUT2D eigenvalue weighted by molar-refractivity contribution is -0.136. The zero-order valence-corrected chi connectivity index (χ0v) is 12.6. The van der Waals surface area contributed by atoms with Crippen molar-refractivity contribution in [3.63, 3.8) is 0 Å². The van der Waals surface area contributed by atoms with Gasteiger partial charge < -0.3 is 0 Å². The molecule has 2 atom stereocenters. The van der Waals surface area contributed by atoms with Gasteiger partial charge in [-0.2, -0.15) is 13.2 Å². The average molecular weight is 292 g/mol. The number of alkyl halides is 3. The number of fused-ring (bicyclic) bond motifs is 1. The van der Waals surface area contributed by atoms with E-state index < -0.39 is 12.6 Å². The minimum absolute atomic E-state index is 0.263. The Kier molecular flexibility index (Phi) is 5.35. The number of nitrogens with zero attached hydrogens (tertiary/aromatic N) is 2. The fourth-order valence-corrected chi connectivity index (χ4v) is 3.63. The topological polar surface area (TPSA) is 6.48 Å². The van der Waals surface area contributed by atoms with Gasteiger partial charge in [0, 0.05) is 31.6 Å². The van der Waals surface area contributed by atoms with Crippen molar-refractivity contribution in [1.82, 2.24) is 9.80 Å². The van der Waals surface area contributed by atoms with Crippen LogP contribution in [0.1, 0.15) is 46.0 Å². The first-order chi connectivity index (χ1) is 9.37. The van der Waals surface area contributed by atoms with Crippen molar-refractivity contribution in [2.75, 3.05) is 26.2 Å². The third-order valence-corrected chi connectivity index (χ3v) is 4.76. The van der Waals surface area contributed by atoms with Gasteiger partial charge in [0.05, 0.1) is 0 Å². The molecule has 20 heavy (non-hydrogen) atoms. The maximum absolute atomic E-state index is 12.2. The summed E-state index contributed by atoms with van der Waals surface area (Å²) in [4.78, 5) is 5.03. The first kappa shape index (κ1) is 16.1. The van der Waals surface area contributed by atoms with Crippen molar-refractivity contribution in [3.8, 4) is 0 Å². The number of rotatable bonds is 5. The highest BCUT2D eigenvalue weighted by molar-refractivity contribution is 4.93. The minimum Gasteiger partial charge on any atom is -0.298 e. The summed E-state index contributed by atoms with van der Waals surface area (Å²) in [6.45, 7) is 8.63. The van der Waals surface area contributed by atoms with Gasteiger partial charge in [0.15, 0.2) is 0 Å². The lowest BCUT2D eigenvalue weighted by Gasteiger charge is -2.45. The zero-order chi connectivity index (χ0) is 14.8. The van der Waals surface area contributed by atoms with Gasteiger partial charge in [-0.15, -0.1) is 0 Å². The number of halogens is 3. The highest BCUT2D eigenvalue weighted by atomic mass is 19.4. The Bertz CT molecular complexity index is 304. The molecule has 0 radical (unpaired) electrons. The third-order valence-electron chi connectivity index (χ3n) is 4.76. The van der Waals surface area contributed by atoms with Crippen LogP contribution in [0.3, 0.4) is 0 Å². The molecule has 2 rings (SSSR count). The quantitative estimate of drug-likeness (QED) is 0.715. The molecule has 0 N–H and O–H groups in total. The smallest absolute Gasteiger partial charge is 0.298 e. The van der Waals surface area contributed by atoms with Gasteiger partial charge in [-0.1, -0.05) is 13.8 Å². The molecule has 2 nitrogen and oxygen atoms in total. The summed E-state index contributed by atoms with van der Waals surface area (Å²) in [5.41, 5.74) is 0. The van der Waals surface area contributed by atoms with Crippen LogP contribution in [0.25, 0.3) is 0 Å². The fraction of sp³-hybridized carbons (Fsp3) is 1.00. The van der Waals surface area contributed by atoms with Crippen molar-refractivity contribution < 1.29 is 13.2 Å². The summed E-state index contributed by atoms with van der Waals surface area (Å²) < 4.78 is 36.5. The molecule has 2 aliphatic rings. The highest BCUT2D eigenvalue weighted by Crippen LogP contribution is 2.28. The van der Waals surface area contributed by atoms with Crippen LogP contribution in [0.15, 0.2) is 0 Å². The summed E-state index contributed by atoms with van der Waals surface area (Å²) in [6.07, 6.45) is -1.18. The molecule has 2 aliphatic heterocycles. The molecule has 0 spiro atoms. The molecule has 0 bridgehead atoms. The molecule has 0 aromatic rings. The Morgan fingerprint density at radius 1 is 1.15 bits per heavy atom. The van der Waals surface area contributed by atoms with Crippen LogP contribution >= 0.6 is 0 Å². The molecular weight excluding hydrogens is 265 g/mol. The van der Waals surface area contributed by atoms with Crippen LogP contribution in [0.5, 0.6) is 0 Å². The van der Waals surface area contributed by atoms with Crippen molar-refractivity contribution in [1.29, 1.82) is 0 Å². The van der Waals surface area contributed by atoms with Crippen molar-refractivity contribution in [2.24, 2.45) is 5.92 Å². The van der Waals surface area contributed by atoms with E-state index in [0.29, 0.717) is 24.4 Å². The Labute approximate surface area is 120 Å². The van der Waals surface area contributed by atoms with Crippen LogP contribution in [0.4, 0.5) is 13.2 Å². The minimum atomic E-state index is -4.00. The van der Waals surface area contributed by atoms with Gasteiger partial charge >= 0.3 is 6.18 Å². The largest absolute Gasteiger partial charge is 0.389 e. The predicted molar refractivity (Wildman–Crippen MR) is 74.7 cm³/mol. The molecule has 0 aliphatic carbocycles. The monoisotopic (exact) mass is 292 g/mol. The maximum Gasteiger partial charge on any atom is 0.389 e. The van der Waals surface area contributed by atoms with E-state index in [1.807, 2.05) is 0 Å². The first-order valence-corrected chi connectivity index (χ1v) is 7.91. The SMILES string of the molecule is CC(C)C1CN2CCCC2CN1CCCCC(F)(F)F. The molecule has 2 saturated heterocycles. The van der Waals surface area contributed by atoms with Gasteiger partial charge in [-0.25, -0.2) is 0 Å². The normalized spacial score (nSPS) is 29.1. The van der Waals surface area contributed by atoms with Gasteiger partial charge in [0.1, 0.15) is 0 Å². The molecule has 2 heterocycles. The lowest BCUT2D eigenvalue weighted by atomic mass is 9.97. The summed E-state index contributed by atoms with van der Waals surface area (Å²) >= 11 is 0. The molecule has 2 fully saturated rings. The number of hydrogen-bond donors (Lipinski definition) is 0. The van der Waals surface area contributed by atoms with Gasteiger partial charge in [-0.05, 0) is 44.7 Å². The highest BCUT2D eigenvalue weighted by Gasteiger charge is 2.37. The number of piperazine rings is 1. The Balaban J connectivity index is 1.81. The summed E-state index contributed by atoms with van der Waals surface area (Å²) in [5, 5.41) is 0. The van der Waals surface area contributed by atoms with Crippen LogP contribution in [-0.4, -0.2) is 54.2 Å². The molecular formula is C15H27F3N2. The third kappa shape index (κ3) is 4.35. The second-order valence-corrected chi connectivity index (χ2v) is 6.67. The van der Waals surface area contributed by atoms with Gasteiger partial charge in [0.25, 0.3) is 0 Å². The second kappa shape index (κ2) is 6.65.